The second kappa shape index (κ2) is 4.40. The van der Waals surface area contributed by atoms with Crippen LogP contribution in [0, 0.1) is 11.6 Å². The molecule has 2 aromatic rings. The Morgan fingerprint density at radius 3 is 2.50 bits per heavy atom. The van der Waals surface area contributed by atoms with Crippen LogP contribution in [-0.4, -0.2) is 14.7 Å². The fraction of sp³-hybridized carbons (Fsp3) is 0.182. The number of halogens is 2. The molecule has 0 saturated heterocycles. The van der Waals surface area contributed by atoms with E-state index in [0.717, 1.165) is 0 Å². The molecule has 1 aromatic heterocycles. The van der Waals surface area contributed by atoms with Gasteiger partial charge in [0.2, 0.25) is 0 Å². The van der Waals surface area contributed by atoms with Crippen LogP contribution in [-0.2, 0) is 13.2 Å². The van der Waals surface area contributed by atoms with Gasteiger partial charge in [0.1, 0.15) is 11.6 Å². The zero-order valence-electron chi connectivity index (χ0n) is 8.40. The van der Waals surface area contributed by atoms with E-state index in [0.29, 0.717) is 5.69 Å². The highest BCUT2D eigenvalue weighted by atomic mass is 19.1. The molecular weight excluding hydrogens is 214 g/mol. The van der Waals surface area contributed by atoms with E-state index in [1.807, 2.05) is 0 Å². The van der Waals surface area contributed by atoms with Crippen LogP contribution in [0.25, 0.3) is 0 Å². The molecule has 0 bridgehead atoms. The lowest BCUT2D eigenvalue weighted by atomic mass is 10.2. The van der Waals surface area contributed by atoms with Gasteiger partial charge in [-0.1, -0.05) is 6.07 Å². The molecular formula is C11H10F2N2O. The highest BCUT2D eigenvalue weighted by Crippen LogP contribution is 2.13. The van der Waals surface area contributed by atoms with E-state index in [1.54, 1.807) is 6.20 Å². The highest BCUT2D eigenvalue weighted by Gasteiger charge is 2.09. The molecule has 0 fully saturated rings. The predicted molar refractivity (Wildman–Crippen MR) is 53.6 cm³/mol. The molecule has 0 aliphatic heterocycles. The summed E-state index contributed by atoms with van der Waals surface area (Å²) in [5.74, 6) is -1.17. The second-order valence-corrected chi connectivity index (χ2v) is 3.40. The van der Waals surface area contributed by atoms with Gasteiger partial charge in [0, 0.05) is 11.8 Å². The number of aliphatic hydroxyl groups excluding tert-OH is 1. The average Bonchev–Trinajstić information content (AvgIpc) is 2.71. The van der Waals surface area contributed by atoms with E-state index in [1.165, 1.54) is 29.1 Å². The van der Waals surface area contributed by atoms with Crippen molar-refractivity contribution < 1.29 is 13.9 Å². The van der Waals surface area contributed by atoms with Gasteiger partial charge in [0.25, 0.3) is 0 Å². The van der Waals surface area contributed by atoms with Gasteiger partial charge in [-0.05, 0) is 12.1 Å². The van der Waals surface area contributed by atoms with Crippen molar-refractivity contribution in [3.63, 3.8) is 0 Å². The fourth-order valence-electron chi connectivity index (χ4n) is 1.44. The smallest absolute Gasteiger partial charge is 0.131 e. The van der Waals surface area contributed by atoms with Crippen molar-refractivity contribution in [3.8, 4) is 0 Å². The molecule has 0 aliphatic carbocycles. The second-order valence-electron chi connectivity index (χ2n) is 3.40. The first-order valence-electron chi connectivity index (χ1n) is 4.75. The van der Waals surface area contributed by atoms with E-state index < -0.39 is 11.6 Å². The van der Waals surface area contributed by atoms with Crippen molar-refractivity contribution in [1.29, 1.82) is 0 Å². The summed E-state index contributed by atoms with van der Waals surface area (Å²) in [6.45, 7) is -0.127. The summed E-state index contributed by atoms with van der Waals surface area (Å²) >= 11 is 0. The standard InChI is InChI=1S/C11H10F2N2O/c12-10-2-1-3-11(13)9(10)5-15-4-8(6-16)14-7-15/h1-4,7,16H,5-6H2. The van der Waals surface area contributed by atoms with Crippen LogP contribution in [0.2, 0.25) is 0 Å². The third-order valence-electron chi connectivity index (χ3n) is 2.25. The summed E-state index contributed by atoms with van der Waals surface area (Å²) in [6, 6.07) is 3.74. The van der Waals surface area contributed by atoms with E-state index in [4.69, 9.17) is 5.11 Å². The van der Waals surface area contributed by atoms with E-state index in [-0.39, 0.29) is 18.7 Å². The molecule has 84 valence electrons. The quantitative estimate of drug-likeness (QED) is 0.861. The zero-order valence-corrected chi connectivity index (χ0v) is 8.40. The minimum absolute atomic E-state index is 0.00982. The minimum Gasteiger partial charge on any atom is -0.390 e. The number of nitrogens with zero attached hydrogens (tertiary/aromatic N) is 2. The normalized spacial score (nSPS) is 10.7. The van der Waals surface area contributed by atoms with Crippen molar-refractivity contribution in [2.45, 2.75) is 13.2 Å². The molecule has 0 amide bonds. The Hall–Kier alpha value is -1.75. The fourth-order valence-corrected chi connectivity index (χ4v) is 1.44. The number of hydrogen-bond donors (Lipinski definition) is 1. The number of aliphatic hydroxyl groups is 1. The van der Waals surface area contributed by atoms with Crippen LogP contribution in [0.3, 0.4) is 0 Å². The first kappa shape index (κ1) is 10.8. The maximum atomic E-state index is 13.3. The lowest BCUT2D eigenvalue weighted by Gasteiger charge is -2.05. The third kappa shape index (κ3) is 2.09. The first-order valence-corrected chi connectivity index (χ1v) is 4.75. The van der Waals surface area contributed by atoms with Crippen molar-refractivity contribution >= 4 is 0 Å². The highest BCUT2D eigenvalue weighted by molar-refractivity contribution is 5.20. The van der Waals surface area contributed by atoms with Gasteiger partial charge in [-0.2, -0.15) is 0 Å². The van der Waals surface area contributed by atoms with Crippen LogP contribution in [0.15, 0.2) is 30.7 Å². The molecule has 1 heterocycles. The van der Waals surface area contributed by atoms with Gasteiger partial charge < -0.3 is 9.67 Å². The average molecular weight is 224 g/mol. The Bertz CT molecular complexity index is 476. The third-order valence-corrected chi connectivity index (χ3v) is 2.25. The number of hydrogen-bond acceptors (Lipinski definition) is 2. The van der Waals surface area contributed by atoms with Crippen LogP contribution in [0.4, 0.5) is 8.78 Å². The largest absolute Gasteiger partial charge is 0.390 e. The Kier molecular flexibility index (Phi) is 2.96. The maximum Gasteiger partial charge on any atom is 0.131 e. The van der Waals surface area contributed by atoms with Gasteiger partial charge >= 0.3 is 0 Å². The zero-order chi connectivity index (χ0) is 11.5. The van der Waals surface area contributed by atoms with Gasteiger partial charge in [0.05, 0.1) is 25.2 Å². The van der Waals surface area contributed by atoms with Gasteiger partial charge in [-0.25, -0.2) is 13.8 Å². The molecule has 1 aromatic carbocycles. The summed E-state index contributed by atoms with van der Waals surface area (Å²) in [7, 11) is 0. The number of imidazole rings is 1. The summed E-state index contributed by atoms with van der Waals surface area (Å²) < 4.78 is 28.1. The summed E-state index contributed by atoms with van der Waals surface area (Å²) in [5, 5.41) is 8.80. The molecule has 0 radical (unpaired) electrons. The Balaban J connectivity index is 2.26. The minimum atomic E-state index is -0.584. The molecule has 0 saturated carbocycles. The van der Waals surface area contributed by atoms with Crippen molar-refractivity contribution in [2.24, 2.45) is 0 Å². The molecule has 2 rings (SSSR count). The number of benzene rings is 1. The topological polar surface area (TPSA) is 38.0 Å². The lowest BCUT2D eigenvalue weighted by Crippen LogP contribution is -2.02. The van der Waals surface area contributed by atoms with Crippen LogP contribution in [0.5, 0.6) is 0 Å². The van der Waals surface area contributed by atoms with E-state index in [2.05, 4.69) is 4.98 Å². The summed E-state index contributed by atoms with van der Waals surface area (Å²) in [5.41, 5.74) is 0.459. The van der Waals surface area contributed by atoms with Crippen molar-refractivity contribution in [1.82, 2.24) is 9.55 Å². The van der Waals surface area contributed by atoms with Crippen LogP contribution < -0.4 is 0 Å². The first-order chi connectivity index (χ1) is 7.70. The predicted octanol–water partition coefficient (Wildman–Crippen LogP) is 1.70. The molecule has 0 spiro atoms. The summed E-state index contributed by atoms with van der Waals surface area (Å²) in [6.07, 6.45) is 2.98. The Labute approximate surface area is 91.0 Å². The molecule has 0 aliphatic rings. The molecule has 0 atom stereocenters. The molecule has 1 N–H and O–H groups in total. The molecule has 3 nitrogen and oxygen atoms in total. The number of rotatable bonds is 3. The Morgan fingerprint density at radius 1 is 1.25 bits per heavy atom. The maximum absolute atomic E-state index is 13.3. The summed E-state index contributed by atoms with van der Waals surface area (Å²) in [4.78, 5) is 3.86. The molecule has 5 heteroatoms. The van der Waals surface area contributed by atoms with Crippen molar-refractivity contribution in [2.75, 3.05) is 0 Å². The Morgan fingerprint density at radius 2 is 1.94 bits per heavy atom. The lowest BCUT2D eigenvalue weighted by molar-refractivity contribution is 0.277. The van der Waals surface area contributed by atoms with E-state index in [9.17, 15) is 8.78 Å². The molecule has 16 heavy (non-hydrogen) atoms. The van der Waals surface area contributed by atoms with Gasteiger partial charge in [-0.3, -0.25) is 0 Å². The van der Waals surface area contributed by atoms with E-state index >= 15 is 0 Å². The number of aromatic nitrogens is 2. The molecule has 0 unspecified atom stereocenters. The van der Waals surface area contributed by atoms with Crippen LogP contribution in [0.1, 0.15) is 11.3 Å². The van der Waals surface area contributed by atoms with Crippen LogP contribution >= 0.6 is 0 Å². The monoisotopic (exact) mass is 224 g/mol. The van der Waals surface area contributed by atoms with Gasteiger partial charge in [-0.15, -0.1) is 0 Å². The van der Waals surface area contributed by atoms with Crippen molar-refractivity contribution in [3.05, 3.63) is 53.6 Å². The van der Waals surface area contributed by atoms with Gasteiger partial charge in [0.15, 0.2) is 0 Å². The SMILES string of the molecule is OCc1cn(Cc2c(F)cccc2F)cn1.